The molecule has 224 valence electrons. The molecule has 42 heavy (non-hydrogen) atoms. The van der Waals surface area contributed by atoms with E-state index >= 15 is 0 Å². The number of primary amides is 1. The van der Waals surface area contributed by atoms with Gasteiger partial charge in [0.05, 0.1) is 5.56 Å². The van der Waals surface area contributed by atoms with Crippen LogP contribution in [0.2, 0.25) is 0 Å². The molecule has 2 aromatic heterocycles. The molecule has 1 aliphatic carbocycles. The standard InChI is InChI=1S/C29H36N6O6S/c1-17-6-5-7-24(31-17)32-28(38)26-18-8-9-19(12-18)35(26)25(36)15-34-14-22(27(30)37)21-13-20(10-11-23(21)34)41-16-42(39,40)33-29(2,3)4/h5-7,10-11,13-14,18-19,26,33H,8-9,12,15-16H2,1-4H3,(H2,30,37)(H,31,32,38)/t18-,19+,26-/m0/s1. The molecule has 0 unspecified atom stereocenters. The molecule has 3 heterocycles. The molecule has 13 heteroatoms. The molecule has 2 fully saturated rings. The minimum atomic E-state index is -3.73. The second-order valence-corrected chi connectivity index (χ2v) is 13.7. The molecule has 0 spiro atoms. The van der Waals surface area contributed by atoms with Crippen LogP contribution in [-0.2, 0) is 26.2 Å². The lowest BCUT2D eigenvalue weighted by molar-refractivity contribution is -0.141. The third kappa shape index (κ3) is 6.26. The first-order valence-corrected chi connectivity index (χ1v) is 15.5. The van der Waals surface area contributed by atoms with E-state index in [2.05, 4.69) is 15.0 Å². The number of carbonyl (C=O) groups excluding carboxylic acids is 3. The third-order valence-corrected chi connectivity index (χ3v) is 8.90. The van der Waals surface area contributed by atoms with Crippen LogP contribution >= 0.6 is 0 Å². The highest BCUT2D eigenvalue weighted by Crippen LogP contribution is 2.43. The topological polar surface area (TPSA) is 166 Å². The lowest BCUT2D eigenvalue weighted by Crippen LogP contribution is -2.51. The number of nitrogens with zero attached hydrogens (tertiary/aromatic N) is 3. The Morgan fingerprint density at radius 2 is 1.90 bits per heavy atom. The number of aromatic nitrogens is 2. The molecule has 12 nitrogen and oxygen atoms in total. The highest BCUT2D eigenvalue weighted by Gasteiger charge is 2.51. The largest absolute Gasteiger partial charge is 0.476 e. The molecular weight excluding hydrogens is 560 g/mol. The van der Waals surface area contributed by atoms with Gasteiger partial charge in [0.25, 0.3) is 5.91 Å². The molecule has 3 aromatic rings. The highest BCUT2D eigenvalue weighted by molar-refractivity contribution is 7.89. The second-order valence-electron chi connectivity index (χ2n) is 12.1. The zero-order valence-electron chi connectivity index (χ0n) is 24.1. The average Bonchev–Trinajstić information content (AvgIpc) is 3.59. The number of fused-ring (bicyclic) bond motifs is 3. The van der Waals surface area contributed by atoms with Crippen LogP contribution in [0.15, 0.2) is 42.6 Å². The normalized spacial score (nSPS) is 20.2. The maximum atomic E-state index is 13.7. The first-order valence-electron chi connectivity index (χ1n) is 13.8. The Morgan fingerprint density at radius 3 is 2.60 bits per heavy atom. The summed E-state index contributed by atoms with van der Waals surface area (Å²) in [5, 5.41) is 3.30. The number of ether oxygens (including phenoxy) is 1. The quantitative estimate of drug-likeness (QED) is 0.341. The fraction of sp³-hybridized carbons (Fsp3) is 0.448. The second kappa shape index (κ2) is 11.0. The number of nitrogens with one attached hydrogen (secondary N) is 2. The number of benzene rings is 1. The van der Waals surface area contributed by atoms with E-state index in [0.717, 1.165) is 25.0 Å². The summed E-state index contributed by atoms with van der Waals surface area (Å²) in [7, 11) is -3.73. The molecule has 3 amide bonds. The molecule has 3 atom stereocenters. The molecule has 0 radical (unpaired) electrons. The summed E-state index contributed by atoms with van der Waals surface area (Å²) in [4.78, 5) is 45.4. The molecule has 1 aromatic carbocycles. The van der Waals surface area contributed by atoms with Crippen LogP contribution < -0.4 is 20.5 Å². The number of rotatable bonds is 9. The Morgan fingerprint density at radius 1 is 1.14 bits per heavy atom. The summed E-state index contributed by atoms with van der Waals surface area (Å²) in [5.74, 6) is -1.08. The highest BCUT2D eigenvalue weighted by atomic mass is 32.2. The van der Waals surface area contributed by atoms with Gasteiger partial charge in [0, 0.05) is 34.4 Å². The van der Waals surface area contributed by atoms with Crippen molar-refractivity contribution >= 4 is 44.5 Å². The molecular formula is C29H36N6O6S. The number of hydrogen-bond donors (Lipinski definition) is 3. The van der Waals surface area contributed by atoms with E-state index < -0.39 is 33.5 Å². The van der Waals surface area contributed by atoms with E-state index in [4.69, 9.17) is 10.5 Å². The van der Waals surface area contributed by atoms with Crippen molar-refractivity contribution < 1.29 is 27.5 Å². The number of nitrogens with two attached hydrogens (primary N) is 1. The van der Waals surface area contributed by atoms with E-state index in [0.29, 0.717) is 16.7 Å². The van der Waals surface area contributed by atoms with Gasteiger partial charge in [0.1, 0.15) is 24.2 Å². The predicted octanol–water partition coefficient (Wildman–Crippen LogP) is 2.52. The number of aryl methyl sites for hydroxylation is 1. The lowest BCUT2D eigenvalue weighted by atomic mass is 9.97. The first kappa shape index (κ1) is 29.5. The summed E-state index contributed by atoms with van der Waals surface area (Å²) in [5.41, 5.74) is 6.48. The van der Waals surface area contributed by atoms with Gasteiger partial charge in [-0.3, -0.25) is 14.4 Å². The number of sulfonamides is 1. The molecule has 5 rings (SSSR count). The number of piperidine rings is 1. The van der Waals surface area contributed by atoms with Crippen molar-refractivity contribution in [2.75, 3.05) is 11.3 Å². The van der Waals surface area contributed by atoms with Crippen LogP contribution in [0, 0.1) is 12.8 Å². The van der Waals surface area contributed by atoms with Crippen molar-refractivity contribution in [2.45, 2.75) is 71.1 Å². The minimum Gasteiger partial charge on any atom is -0.476 e. The van der Waals surface area contributed by atoms with Crippen LogP contribution in [-0.4, -0.2) is 64.2 Å². The number of carbonyl (C=O) groups is 3. The molecule has 1 aliphatic heterocycles. The number of anilines is 1. The molecule has 2 bridgehead atoms. The molecule has 2 aliphatic rings. The Bertz CT molecular complexity index is 1660. The maximum absolute atomic E-state index is 13.7. The Balaban J connectivity index is 1.36. The van der Waals surface area contributed by atoms with Gasteiger partial charge in [-0.05, 0) is 83.2 Å². The van der Waals surface area contributed by atoms with Gasteiger partial charge < -0.3 is 25.3 Å². The van der Waals surface area contributed by atoms with Crippen LogP contribution in [0.3, 0.4) is 0 Å². The van der Waals surface area contributed by atoms with Gasteiger partial charge in [-0.15, -0.1) is 0 Å². The van der Waals surface area contributed by atoms with Gasteiger partial charge in [0.15, 0.2) is 0 Å². The van der Waals surface area contributed by atoms with Crippen molar-refractivity contribution in [1.29, 1.82) is 0 Å². The van der Waals surface area contributed by atoms with Gasteiger partial charge in [-0.2, -0.15) is 0 Å². The summed E-state index contributed by atoms with van der Waals surface area (Å²) < 4.78 is 34.4. The zero-order chi connectivity index (χ0) is 30.4. The summed E-state index contributed by atoms with van der Waals surface area (Å²) in [6, 6.07) is 9.48. The predicted molar refractivity (Wildman–Crippen MR) is 157 cm³/mol. The van der Waals surface area contributed by atoms with Gasteiger partial charge >= 0.3 is 0 Å². The minimum absolute atomic E-state index is 0.0372. The number of hydrogen-bond acceptors (Lipinski definition) is 7. The van der Waals surface area contributed by atoms with Crippen LogP contribution in [0.1, 0.15) is 56.1 Å². The summed E-state index contributed by atoms with van der Waals surface area (Å²) in [6.45, 7) is 6.91. The van der Waals surface area contributed by atoms with Crippen LogP contribution in [0.4, 0.5) is 5.82 Å². The SMILES string of the molecule is Cc1cccc(NC(=O)[C@@H]2[C@H]3CC[C@H](C3)N2C(=O)Cn2cc(C(N)=O)c3cc(OCS(=O)(=O)NC(C)(C)C)ccc32)n1. The van der Waals surface area contributed by atoms with Crippen molar-refractivity contribution in [2.24, 2.45) is 11.7 Å². The van der Waals surface area contributed by atoms with E-state index in [1.54, 1.807) is 48.4 Å². The van der Waals surface area contributed by atoms with Gasteiger partial charge in [-0.1, -0.05) is 6.07 Å². The summed E-state index contributed by atoms with van der Waals surface area (Å²) >= 11 is 0. The Hall–Kier alpha value is -3.97. The average molecular weight is 597 g/mol. The molecule has 1 saturated heterocycles. The van der Waals surface area contributed by atoms with Crippen LogP contribution in [0.25, 0.3) is 10.9 Å². The molecule has 4 N–H and O–H groups in total. The van der Waals surface area contributed by atoms with E-state index in [9.17, 15) is 22.8 Å². The van der Waals surface area contributed by atoms with Crippen molar-refractivity contribution in [3.05, 3.63) is 53.9 Å². The number of likely N-dealkylation sites (tertiary alicyclic amines) is 1. The van der Waals surface area contributed by atoms with Crippen molar-refractivity contribution in [1.82, 2.24) is 19.2 Å². The maximum Gasteiger partial charge on any atom is 0.250 e. The Kier molecular flexibility index (Phi) is 7.75. The van der Waals surface area contributed by atoms with E-state index in [1.807, 2.05) is 19.1 Å². The van der Waals surface area contributed by atoms with Gasteiger partial charge in [-0.25, -0.2) is 18.1 Å². The molecule has 1 saturated carbocycles. The van der Waals surface area contributed by atoms with Crippen molar-refractivity contribution in [3.8, 4) is 5.75 Å². The smallest absolute Gasteiger partial charge is 0.250 e. The third-order valence-electron chi connectivity index (χ3n) is 7.55. The fourth-order valence-electron chi connectivity index (χ4n) is 6.06. The summed E-state index contributed by atoms with van der Waals surface area (Å²) in [6.07, 6.45) is 3.97. The number of amides is 3. The van der Waals surface area contributed by atoms with Crippen LogP contribution in [0.5, 0.6) is 5.75 Å². The van der Waals surface area contributed by atoms with E-state index in [-0.39, 0.29) is 41.6 Å². The Labute approximate surface area is 244 Å². The first-order chi connectivity index (χ1) is 19.7. The fourth-order valence-corrected chi connectivity index (χ4v) is 7.34. The zero-order valence-corrected chi connectivity index (χ0v) is 24.9. The van der Waals surface area contributed by atoms with Gasteiger partial charge in [0.2, 0.25) is 27.8 Å². The lowest BCUT2D eigenvalue weighted by Gasteiger charge is -2.34. The van der Waals surface area contributed by atoms with Crippen molar-refractivity contribution in [3.63, 3.8) is 0 Å². The monoisotopic (exact) mass is 596 g/mol. The van der Waals surface area contributed by atoms with E-state index in [1.165, 1.54) is 12.3 Å². The number of pyridine rings is 1.